The van der Waals surface area contributed by atoms with Crippen LogP contribution in [0.4, 0.5) is 17.1 Å². The van der Waals surface area contributed by atoms with E-state index < -0.39 is 13.5 Å². The molecule has 0 saturated carbocycles. The van der Waals surface area contributed by atoms with Crippen molar-refractivity contribution in [3.63, 3.8) is 0 Å². The van der Waals surface area contributed by atoms with Gasteiger partial charge in [0.15, 0.2) is 8.07 Å². The van der Waals surface area contributed by atoms with Gasteiger partial charge in [-0.1, -0.05) is 169 Å². The Labute approximate surface area is 397 Å². The zero-order chi connectivity index (χ0) is 45.2. The Morgan fingerprint density at radius 2 is 0.955 bits per heavy atom. The molecule has 0 amide bonds. The van der Waals surface area contributed by atoms with E-state index in [1.165, 1.54) is 114 Å². The van der Waals surface area contributed by atoms with Gasteiger partial charge in [-0.25, -0.2) is 0 Å². The summed E-state index contributed by atoms with van der Waals surface area (Å²) in [7, 11) is -2.72. The quantitative estimate of drug-likeness (QED) is 0.152. The minimum atomic E-state index is -2.72. The average molecular weight is 896 g/mol. The molecular weight excluding hydrogens is 847 g/mol. The summed E-state index contributed by atoms with van der Waals surface area (Å²) in [5, 5.41) is 8.53. The maximum absolute atomic E-state index is 7.11. The van der Waals surface area contributed by atoms with Crippen LogP contribution in [-0.4, -0.2) is 8.07 Å². The number of thiophene rings is 1. The van der Waals surface area contributed by atoms with Crippen molar-refractivity contribution >= 4 is 77.4 Å². The predicted octanol–water partition coefficient (Wildman–Crippen LogP) is 14.3. The number of fused-ring (bicyclic) bond motifs is 21. The molecule has 0 unspecified atom stereocenters. The van der Waals surface area contributed by atoms with Crippen LogP contribution in [0.5, 0.6) is 11.5 Å². The Morgan fingerprint density at radius 1 is 0.418 bits per heavy atom. The van der Waals surface area contributed by atoms with Crippen molar-refractivity contribution < 1.29 is 4.74 Å². The first-order valence-electron chi connectivity index (χ1n) is 23.7. The molecule has 0 radical (unpaired) electrons. The van der Waals surface area contributed by atoms with Gasteiger partial charge in [-0.3, -0.25) is 0 Å². The first-order valence-corrected chi connectivity index (χ1v) is 26.6. The number of anilines is 3. The summed E-state index contributed by atoms with van der Waals surface area (Å²) in [6, 6.07) is 72.6. The van der Waals surface area contributed by atoms with Crippen molar-refractivity contribution in [3.8, 4) is 33.8 Å². The van der Waals surface area contributed by atoms with Crippen molar-refractivity contribution in [3.05, 3.63) is 221 Å². The number of nitrogens with zero attached hydrogens (tertiary/aromatic N) is 1. The maximum atomic E-state index is 7.11. The van der Waals surface area contributed by atoms with Gasteiger partial charge in [0.2, 0.25) is 0 Å². The first-order chi connectivity index (χ1) is 32.5. The van der Waals surface area contributed by atoms with Crippen molar-refractivity contribution in [1.82, 2.24) is 0 Å². The lowest BCUT2D eigenvalue weighted by atomic mass is 9.60. The Bertz CT molecular complexity index is 3660. The second kappa shape index (κ2) is 13.3. The standard InChI is InChI=1S/C63H49NOSSi/c1-61(2,3)38-27-31-53-49(33-38)63(50-34-39(62(4,5)6)28-32-54(50)65-53)47-21-11-12-22-51(47)64(52-37-56-46(36-48(52)63)41-17-7-13-23-55(41)66-56)40-29-30-45-44-20-10-16-26-59(44)67(60(45)35-40)57-24-14-8-18-42(57)43-19-9-15-25-58(43)67/h7-37H,1-6H3. The molecule has 2 spiro atoms. The van der Waals surface area contributed by atoms with Gasteiger partial charge in [0.05, 0.1) is 16.8 Å². The van der Waals surface area contributed by atoms with E-state index in [0.717, 1.165) is 11.5 Å². The van der Waals surface area contributed by atoms with E-state index in [4.69, 9.17) is 4.74 Å². The molecule has 0 atom stereocenters. The van der Waals surface area contributed by atoms with Gasteiger partial charge >= 0.3 is 0 Å². The summed E-state index contributed by atoms with van der Waals surface area (Å²) in [6.07, 6.45) is 0. The summed E-state index contributed by atoms with van der Waals surface area (Å²) in [4.78, 5) is 2.62. The van der Waals surface area contributed by atoms with Crippen LogP contribution in [0.15, 0.2) is 188 Å². The molecule has 0 aliphatic carbocycles. The third kappa shape index (κ3) is 5.04. The Morgan fingerprint density at radius 3 is 1.57 bits per heavy atom. The van der Waals surface area contributed by atoms with Gasteiger partial charge in [-0.15, -0.1) is 11.3 Å². The Balaban J connectivity index is 1.12. The van der Waals surface area contributed by atoms with Gasteiger partial charge in [0.25, 0.3) is 0 Å². The van der Waals surface area contributed by atoms with Gasteiger partial charge in [0, 0.05) is 37.0 Å². The average Bonchev–Trinajstić information content (AvgIpc) is 3.96. The van der Waals surface area contributed by atoms with Crippen LogP contribution < -0.4 is 30.4 Å². The monoisotopic (exact) mass is 895 g/mol. The van der Waals surface area contributed by atoms with Gasteiger partial charge in [-0.2, -0.15) is 0 Å². The van der Waals surface area contributed by atoms with Crippen molar-refractivity contribution in [1.29, 1.82) is 0 Å². The van der Waals surface area contributed by atoms with Crippen LogP contribution in [0, 0.1) is 0 Å². The molecule has 4 aliphatic rings. The molecule has 4 aliphatic heterocycles. The third-order valence-corrected chi connectivity index (χ3v) is 21.7. The van der Waals surface area contributed by atoms with Crippen molar-refractivity contribution in [2.24, 2.45) is 0 Å². The van der Waals surface area contributed by atoms with Crippen LogP contribution in [-0.2, 0) is 16.2 Å². The molecule has 0 N–H and O–H groups in total. The lowest BCUT2D eigenvalue weighted by Gasteiger charge is -2.49. The Kier molecular flexibility index (Phi) is 7.81. The fourth-order valence-electron chi connectivity index (χ4n) is 12.6. The highest BCUT2D eigenvalue weighted by Gasteiger charge is 2.55. The molecule has 9 aromatic carbocycles. The van der Waals surface area contributed by atoms with Crippen molar-refractivity contribution in [2.45, 2.75) is 57.8 Å². The highest BCUT2D eigenvalue weighted by atomic mass is 32.1. The zero-order valence-electron chi connectivity index (χ0n) is 38.7. The second-order valence-electron chi connectivity index (χ2n) is 21.2. The lowest BCUT2D eigenvalue weighted by Crippen LogP contribution is -2.70. The summed E-state index contributed by atoms with van der Waals surface area (Å²) in [5.74, 6) is 1.82. The molecule has 0 saturated heterocycles. The normalized spacial score (nSPS) is 15.3. The van der Waals surface area contributed by atoms with Gasteiger partial charge < -0.3 is 9.64 Å². The molecule has 5 heterocycles. The van der Waals surface area contributed by atoms with Crippen LogP contribution in [0.1, 0.15) is 74.9 Å². The van der Waals surface area contributed by atoms with Crippen LogP contribution >= 0.6 is 11.3 Å². The Hall–Kier alpha value is -6.98. The van der Waals surface area contributed by atoms with E-state index in [-0.39, 0.29) is 10.8 Å². The van der Waals surface area contributed by atoms with Crippen LogP contribution in [0.25, 0.3) is 42.4 Å². The number of benzene rings is 9. The van der Waals surface area contributed by atoms with Crippen molar-refractivity contribution in [2.75, 3.05) is 4.90 Å². The zero-order valence-corrected chi connectivity index (χ0v) is 40.5. The fraction of sp³-hybridized carbons (Fsp3) is 0.143. The molecular formula is C63H49NOSSi. The molecule has 10 aromatic rings. The molecule has 14 rings (SSSR count). The summed E-state index contributed by atoms with van der Waals surface area (Å²) in [6.45, 7) is 14.0. The van der Waals surface area contributed by atoms with Crippen LogP contribution in [0.3, 0.4) is 0 Å². The van der Waals surface area contributed by atoms with E-state index in [9.17, 15) is 0 Å². The predicted molar refractivity (Wildman–Crippen MR) is 285 cm³/mol. The maximum Gasteiger partial charge on any atom is 0.182 e. The highest BCUT2D eigenvalue weighted by molar-refractivity contribution is 7.26. The number of rotatable bonds is 1. The third-order valence-electron chi connectivity index (χ3n) is 15.6. The smallest absolute Gasteiger partial charge is 0.182 e. The molecule has 67 heavy (non-hydrogen) atoms. The second-order valence-corrected chi connectivity index (χ2v) is 25.9. The SMILES string of the molecule is CC(C)(C)c1ccc2c(c1)C1(c3cc(C(C)(C)C)ccc3O2)c2ccccc2N(c2ccc3c(c2)[Si]2(c4ccccc4-c4ccccc42)c2ccccc2-3)c2cc3sc4ccccc4c3cc21. The number of para-hydroxylation sites is 1. The van der Waals surface area contributed by atoms with Crippen LogP contribution in [0.2, 0.25) is 0 Å². The molecule has 2 nitrogen and oxygen atoms in total. The van der Waals surface area contributed by atoms with E-state index in [2.05, 4.69) is 234 Å². The number of ether oxygens (including phenoxy) is 1. The first kappa shape index (κ1) is 39.2. The van der Waals surface area contributed by atoms with E-state index >= 15 is 0 Å². The van der Waals surface area contributed by atoms with Gasteiger partial charge in [-0.05, 0) is 137 Å². The topological polar surface area (TPSA) is 12.5 Å². The number of hydrogen-bond acceptors (Lipinski definition) is 3. The molecule has 1 aromatic heterocycles. The lowest BCUT2D eigenvalue weighted by molar-refractivity contribution is 0.431. The number of hydrogen-bond donors (Lipinski definition) is 0. The molecule has 0 fully saturated rings. The van der Waals surface area contributed by atoms with E-state index in [1.54, 1.807) is 0 Å². The molecule has 322 valence electrons. The highest BCUT2D eigenvalue weighted by Crippen LogP contribution is 2.64. The summed E-state index contributed by atoms with van der Waals surface area (Å²) >= 11 is 1.90. The molecule has 4 heteroatoms. The summed E-state index contributed by atoms with van der Waals surface area (Å²) < 4.78 is 9.70. The largest absolute Gasteiger partial charge is 0.457 e. The van der Waals surface area contributed by atoms with E-state index in [1.807, 2.05) is 11.3 Å². The fourth-order valence-corrected chi connectivity index (χ4v) is 19.4. The summed E-state index contributed by atoms with van der Waals surface area (Å²) in [5.41, 5.74) is 15.7. The van der Waals surface area contributed by atoms with Gasteiger partial charge in [0.1, 0.15) is 11.5 Å². The van der Waals surface area contributed by atoms with E-state index in [0.29, 0.717) is 0 Å². The minimum absolute atomic E-state index is 0.0837. The molecule has 0 bridgehead atoms. The minimum Gasteiger partial charge on any atom is -0.457 e.